The van der Waals surface area contributed by atoms with Gasteiger partial charge in [-0.1, -0.05) is 19.8 Å². The Labute approximate surface area is 66.2 Å². The fourth-order valence-corrected chi connectivity index (χ4v) is 1.29. The molecule has 1 N–H and O–H groups in total. The molecule has 0 saturated carbocycles. The van der Waals surface area contributed by atoms with Crippen LogP contribution in [0.4, 0.5) is 0 Å². The second kappa shape index (κ2) is 3.51. The molecule has 0 aliphatic carbocycles. The zero-order valence-electron chi connectivity index (χ0n) is 6.72. The molecule has 1 unspecified atom stereocenters. The Balaban J connectivity index is 2.34. The Morgan fingerprint density at radius 3 is 2.73 bits per heavy atom. The predicted molar refractivity (Wildman–Crippen MR) is 40.8 cm³/mol. The summed E-state index contributed by atoms with van der Waals surface area (Å²) in [6, 6.07) is 0. The molecular formula is C8H13NO2. The smallest absolute Gasteiger partial charge is 0.230 e. The quantitative estimate of drug-likeness (QED) is 0.614. The lowest BCUT2D eigenvalue weighted by molar-refractivity contribution is -0.125. The van der Waals surface area contributed by atoms with Crippen LogP contribution in [0.5, 0.6) is 0 Å². The Bertz CT molecular complexity index is 177. The lowest BCUT2D eigenvalue weighted by atomic mass is 10.0. The number of imide groups is 1. The molecule has 1 atom stereocenters. The van der Waals surface area contributed by atoms with E-state index in [1.54, 1.807) is 0 Å². The number of nitrogens with one attached hydrogen (secondary N) is 1. The molecule has 1 aliphatic heterocycles. The van der Waals surface area contributed by atoms with E-state index in [-0.39, 0.29) is 17.7 Å². The summed E-state index contributed by atoms with van der Waals surface area (Å²) < 4.78 is 0. The summed E-state index contributed by atoms with van der Waals surface area (Å²) in [5.74, 6) is -0.234. The van der Waals surface area contributed by atoms with Crippen molar-refractivity contribution in [3.8, 4) is 0 Å². The number of hydrogen-bond donors (Lipinski definition) is 1. The molecule has 0 aromatic heterocycles. The number of unbranched alkanes of at least 4 members (excludes halogenated alkanes) is 1. The maximum atomic E-state index is 11.0. The van der Waals surface area contributed by atoms with E-state index < -0.39 is 0 Å². The van der Waals surface area contributed by atoms with Crippen LogP contribution in [0, 0.1) is 5.92 Å². The molecule has 1 heterocycles. The second-order valence-electron chi connectivity index (χ2n) is 2.96. The molecule has 1 saturated heterocycles. The van der Waals surface area contributed by atoms with Gasteiger partial charge < -0.3 is 0 Å². The molecule has 0 bridgehead atoms. The van der Waals surface area contributed by atoms with Gasteiger partial charge in [0.05, 0.1) is 0 Å². The van der Waals surface area contributed by atoms with Crippen molar-refractivity contribution in [1.29, 1.82) is 0 Å². The van der Waals surface area contributed by atoms with Gasteiger partial charge in [0.25, 0.3) is 0 Å². The molecule has 0 spiro atoms. The van der Waals surface area contributed by atoms with Gasteiger partial charge in [-0.05, 0) is 6.42 Å². The molecule has 0 radical (unpaired) electrons. The van der Waals surface area contributed by atoms with Gasteiger partial charge in [0.1, 0.15) is 0 Å². The predicted octanol–water partition coefficient (Wildman–Crippen LogP) is 0.839. The number of hydrogen-bond acceptors (Lipinski definition) is 2. The van der Waals surface area contributed by atoms with Crippen LogP contribution in [0.3, 0.4) is 0 Å². The van der Waals surface area contributed by atoms with Crippen molar-refractivity contribution in [2.75, 3.05) is 0 Å². The zero-order valence-corrected chi connectivity index (χ0v) is 6.72. The van der Waals surface area contributed by atoms with Crippen molar-refractivity contribution in [2.24, 2.45) is 5.92 Å². The Morgan fingerprint density at radius 2 is 2.27 bits per heavy atom. The summed E-state index contributed by atoms with van der Waals surface area (Å²) in [6.07, 6.45) is 3.37. The molecule has 3 nitrogen and oxygen atoms in total. The summed E-state index contributed by atoms with van der Waals surface area (Å²) >= 11 is 0. The van der Waals surface area contributed by atoms with Gasteiger partial charge in [0.2, 0.25) is 11.8 Å². The van der Waals surface area contributed by atoms with Gasteiger partial charge in [0.15, 0.2) is 0 Å². The lowest BCUT2D eigenvalue weighted by Gasteiger charge is -2.01. The van der Waals surface area contributed by atoms with Crippen molar-refractivity contribution in [1.82, 2.24) is 5.32 Å². The average molecular weight is 155 g/mol. The summed E-state index contributed by atoms with van der Waals surface area (Å²) in [6.45, 7) is 2.08. The molecule has 0 aromatic rings. The van der Waals surface area contributed by atoms with Crippen LogP contribution in [-0.4, -0.2) is 11.8 Å². The minimum absolute atomic E-state index is 0.0394. The largest absolute Gasteiger partial charge is 0.296 e. The Hall–Kier alpha value is -0.860. The third kappa shape index (κ3) is 2.03. The first kappa shape index (κ1) is 8.24. The van der Waals surface area contributed by atoms with E-state index in [0.717, 1.165) is 19.3 Å². The normalized spacial score (nSPS) is 23.9. The third-order valence-corrected chi connectivity index (χ3v) is 1.97. The fraction of sp³-hybridized carbons (Fsp3) is 0.750. The van der Waals surface area contributed by atoms with E-state index in [9.17, 15) is 9.59 Å². The van der Waals surface area contributed by atoms with Crippen LogP contribution in [0.25, 0.3) is 0 Å². The van der Waals surface area contributed by atoms with Crippen molar-refractivity contribution >= 4 is 11.8 Å². The van der Waals surface area contributed by atoms with E-state index in [1.165, 1.54) is 0 Å². The molecule has 0 aromatic carbocycles. The van der Waals surface area contributed by atoms with Crippen LogP contribution in [-0.2, 0) is 9.59 Å². The maximum absolute atomic E-state index is 11.0. The van der Waals surface area contributed by atoms with E-state index >= 15 is 0 Å². The topological polar surface area (TPSA) is 46.2 Å². The molecule has 1 rings (SSSR count). The SMILES string of the molecule is CCCCC1CC(=O)NC1=O. The fourth-order valence-electron chi connectivity index (χ4n) is 1.29. The molecule has 11 heavy (non-hydrogen) atoms. The Morgan fingerprint density at radius 1 is 1.55 bits per heavy atom. The van der Waals surface area contributed by atoms with Gasteiger partial charge in [-0.25, -0.2) is 0 Å². The van der Waals surface area contributed by atoms with Crippen LogP contribution in [0.1, 0.15) is 32.6 Å². The van der Waals surface area contributed by atoms with Gasteiger partial charge >= 0.3 is 0 Å². The van der Waals surface area contributed by atoms with E-state index in [0.29, 0.717) is 6.42 Å². The summed E-state index contributed by atoms with van der Waals surface area (Å²) in [5.41, 5.74) is 0. The highest BCUT2D eigenvalue weighted by Crippen LogP contribution is 2.17. The van der Waals surface area contributed by atoms with Gasteiger partial charge in [0, 0.05) is 12.3 Å². The minimum Gasteiger partial charge on any atom is -0.296 e. The van der Waals surface area contributed by atoms with E-state index in [4.69, 9.17) is 0 Å². The summed E-state index contributed by atoms with van der Waals surface area (Å²) in [7, 11) is 0. The number of carbonyl (C=O) groups excluding carboxylic acids is 2. The minimum atomic E-state index is -0.115. The first-order valence-electron chi connectivity index (χ1n) is 4.07. The number of amides is 2. The van der Waals surface area contributed by atoms with Gasteiger partial charge in [-0.2, -0.15) is 0 Å². The van der Waals surface area contributed by atoms with Gasteiger partial charge in [-0.15, -0.1) is 0 Å². The first-order valence-corrected chi connectivity index (χ1v) is 4.07. The molecule has 1 fully saturated rings. The van der Waals surface area contributed by atoms with Crippen molar-refractivity contribution in [3.05, 3.63) is 0 Å². The van der Waals surface area contributed by atoms with Crippen LogP contribution in [0.15, 0.2) is 0 Å². The van der Waals surface area contributed by atoms with Crippen molar-refractivity contribution < 1.29 is 9.59 Å². The summed E-state index contributed by atoms with van der Waals surface area (Å²) in [5, 5.41) is 2.30. The molecule has 1 aliphatic rings. The lowest BCUT2D eigenvalue weighted by Crippen LogP contribution is -2.21. The first-order chi connectivity index (χ1) is 5.24. The van der Waals surface area contributed by atoms with Crippen molar-refractivity contribution in [3.63, 3.8) is 0 Å². The molecule has 62 valence electrons. The van der Waals surface area contributed by atoms with Crippen LogP contribution < -0.4 is 5.32 Å². The molecule has 2 amide bonds. The zero-order chi connectivity index (χ0) is 8.27. The third-order valence-electron chi connectivity index (χ3n) is 1.97. The Kier molecular flexibility index (Phi) is 2.63. The monoisotopic (exact) mass is 155 g/mol. The highest BCUT2D eigenvalue weighted by molar-refractivity contribution is 6.03. The van der Waals surface area contributed by atoms with Gasteiger partial charge in [-0.3, -0.25) is 14.9 Å². The van der Waals surface area contributed by atoms with Crippen LogP contribution in [0.2, 0.25) is 0 Å². The van der Waals surface area contributed by atoms with E-state index in [1.807, 2.05) is 0 Å². The number of rotatable bonds is 3. The highest BCUT2D eigenvalue weighted by Gasteiger charge is 2.29. The molecular weight excluding hydrogens is 142 g/mol. The standard InChI is InChI=1S/C8H13NO2/c1-2-3-4-6-5-7(10)9-8(6)11/h6H,2-5H2,1H3,(H,9,10,11). The van der Waals surface area contributed by atoms with E-state index in [2.05, 4.69) is 12.2 Å². The van der Waals surface area contributed by atoms with Crippen molar-refractivity contribution in [2.45, 2.75) is 32.6 Å². The number of carbonyl (C=O) groups is 2. The second-order valence-corrected chi connectivity index (χ2v) is 2.96. The summed E-state index contributed by atoms with van der Waals surface area (Å²) in [4.78, 5) is 21.7. The van der Waals surface area contributed by atoms with Crippen LogP contribution >= 0.6 is 0 Å². The maximum Gasteiger partial charge on any atom is 0.230 e. The molecule has 3 heteroatoms. The average Bonchev–Trinajstić information content (AvgIpc) is 2.26. The highest BCUT2D eigenvalue weighted by atomic mass is 16.2.